The zero-order chi connectivity index (χ0) is 22.3. The topological polar surface area (TPSA) is 80.5 Å². The summed E-state index contributed by atoms with van der Waals surface area (Å²) in [6.07, 6.45) is 3.27. The van der Waals surface area contributed by atoms with Gasteiger partial charge in [-0.1, -0.05) is 47.6 Å². The van der Waals surface area contributed by atoms with Crippen LogP contribution in [0.3, 0.4) is 0 Å². The number of carbonyl (C=O) groups excluding carboxylic acids is 1. The van der Waals surface area contributed by atoms with Gasteiger partial charge in [-0.05, 0) is 51.1 Å². The molecule has 166 valence electrons. The molecule has 1 aromatic heterocycles. The third-order valence-corrected chi connectivity index (χ3v) is 5.53. The quantitative estimate of drug-likeness (QED) is 0.530. The summed E-state index contributed by atoms with van der Waals surface area (Å²) in [6, 6.07) is 15.5. The molecule has 1 N–H and O–H groups in total. The van der Waals surface area contributed by atoms with E-state index in [-0.39, 0.29) is 11.8 Å². The van der Waals surface area contributed by atoms with Gasteiger partial charge in [-0.3, -0.25) is 9.69 Å². The van der Waals surface area contributed by atoms with Crippen molar-refractivity contribution in [3.8, 4) is 17.1 Å². The molecule has 3 aromatic rings. The van der Waals surface area contributed by atoms with Gasteiger partial charge in [0.25, 0.3) is 0 Å². The van der Waals surface area contributed by atoms with E-state index in [1.54, 1.807) is 6.08 Å². The Morgan fingerprint density at radius 3 is 2.84 bits per heavy atom. The minimum Gasteiger partial charge on any atom is -0.489 e. The van der Waals surface area contributed by atoms with E-state index in [0.29, 0.717) is 30.6 Å². The van der Waals surface area contributed by atoms with E-state index in [2.05, 4.69) is 26.9 Å². The van der Waals surface area contributed by atoms with Crippen LogP contribution in [0.4, 0.5) is 5.69 Å². The van der Waals surface area contributed by atoms with E-state index in [9.17, 15) is 4.79 Å². The lowest BCUT2D eigenvalue weighted by molar-refractivity contribution is -0.121. The summed E-state index contributed by atoms with van der Waals surface area (Å²) in [5.41, 5.74) is 2.85. The highest BCUT2D eigenvalue weighted by molar-refractivity contribution is 5.92. The maximum atomic E-state index is 12.7. The van der Waals surface area contributed by atoms with Crippen LogP contribution in [0.5, 0.6) is 5.75 Å². The highest BCUT2D eigenvalue weighted by Crippen LogP contribution is 2.23. The molecule has 2 aromatic carbocycles. The Labute approximate surface area is 188 Å². The van der Waals surface area contributed by atoms with Gasteiger partial charge in [0.2, 0.25) is 17.6 Å². The third kappa shape index (κ3) is 5.62. The lowest BCUT2D eigenvalue weighted by atomic mass is 9.96. The summed E-state index contributed by atoms with van der Waals surface area (Å²) in [4.78, 5) is 19.5. The summed E-state index contributed by atoms with van der Waals surface area (Å²) in [6.45, 7) is 8.33. The highest BCUT2D eigenvalue weighted by atomic mass is 16.5. The van der Waals surface area contributed by atoms with E-state index in [1.807, 2.05) is 55.5 Å². The van der Waals surface area contributed by atoms with E-state index in [4.69, 9.17) is 9.26 Å². The molecule has 0 spiro atoms. The van der Waals surface area contributed by atoms with Crippen molar-refractivity contribution in [1.82, 2.24) is 15.0 Å². The first-order valence-corrected chi connectivity index (χ1v) is 10.9. The number of aromatic nitrogens is 2. The number of likely N-dealkylation sites (tertiary alicyclic amines) is 1. The van der Waals surface area contributed by atoms with E-state index >= 15 is 0 Å². The van der Waals surface area contributed by atoms with Gasteiger partial charge in [0.05, 0.1) is 6.54 Å². The zero-order valence-electron chi connectivity index (χ0n) is 18.3. The highest BCUT2D eigenvalue weighted by Gasteiger charge is 2.26. The van der Waals surface area contributed by atoms with Gasteiger partial charge in [0, 0.05) is 23.2 Å². The second-order valence-corrected chi connectivity index (χ2v) is 8.05. The maximum absolute atomic E-state index is 12.7. The van der Waals surface area contributed by atoms with E-state index in [0.717, 1.165) is 42.7 Å². The number of hydrogen-bond donors (Lipinski definition) is 1. The number of rotatable bonds is 8. The molecule has 1 aliphatic heterocycles. The van der Waals surface area contributed by atoms with E-state index in [1.165, 1.54) is 0 Å². The molecule has 0 bridgehead atoms. The van der Waals surface area contributed by atoms with Crippen molar-refractivity contribution in [2.45, 2.75) is 26.3 Å². The minimum atomic E-state index is -0.0189. The maximum Gasteiger partial charge on any atom is 0.241 e. The lowest BCUT2D eigenvalue weighted by Crippen LogP contribution is -2.37. The van der Waals surface area contributed by atoms with E-state index < -0.39 is 0 Å². The number of nitrogens with zero attached hydrogens (tertiary/aromatic N) is 3. The van der Waals surface area contributed by atoms with Gasteiger partial charge >= 0.3 is 0 Å². The SMILES string of the molecule is C=CCOc1cccc(NC(=O)C2CCN(Cc3nc(-c4cccc(C)c4)no3)CC2)c1. The van der Waals surface area contributed by atoms with Crippen molar-refractivity contribution in [2.75, 3.05) is 25.0 Å². The predicted octanol–water partition coefficient (Wildman–Crippen LogP) is 4.46. The summed E-state index contributed by atoms with van der Waals surface area (Å²) >= 11 is 0. The fourth-order valence-electron chi connectivity index (χ4n) is 3.83. The Bertz CT molecular complexity index is 1070. The Balaban J connectivity index is 1.27. The van der Waals surface area contributed by atoms with Crippen molar-refractivity contribution >= 4 is 11.6 Å². The fourth-order valence-corrected chi connectivity index (χ4v) is 3.83. The smallest absolute Gasteiger partial charge is 0.241 e. The molecule has 0 saturated carbocycles. The third-order valence-electron chi connectivity index (χ3n) is 5.53. The average molecular weight is 433 g/mol. The molecule has 1 fully saturated rings. The second-order valence-electron chi connectivity index (χ2n) is 8.05. The van der Waals surface area contributed by atoms with Crippen LogP contribution in [0.2, 0.25) is 0 Å². The van der Waals surface area contributed by atoms with Crippen LogP contribution in [0.15, 0.2) is 65.7 Å². The Hall–Kier alpha value is -3.45. The number of hydrogen-bond acceptors (Lipinski definition) is 6. The number of anilines is 1. The molecule has 1 aliphatic rings. The molecule has 32 heavy (non-hydrogen) atoms. The summed E-state index contributed by atoms with van der Waals surface area (Å²) in [5, 5.41) is 7.13. The van der Waals surface area contributed by atoms with Gasteiger partial charge in [0.1, 0.15) is 12.4 Å². The second kappa shape index (κ2) is 10.2. The molecular weight excluding hydrogens is 404 g/mol. The Kier molecular flexibility index (Phi) is 6.97. The monoisotopic (exact) mass is 432 g/mol. The van der Waals surface area contributed by atoms with Crippen LogP contribution in [-0.4, -0.2) is 40.6 Å². The molecule has 0 atom stereocenters. The number of carbonyl (C=O) groups is 1. The fraction of sp³-hybridized carbons (Fsp3) is 0.320. The van der Waals surface area contributed by atoms with Gasteiger partial charge in [-0.25, -0.2) is 0 Å². The first kappa shape index (κ1) is 21.8. The largest absolute Gasteiger partial charge is 0.489 e. The standard InChI is InChI=1S/C25H28N4O3/c1-3-14-31-22-9-5-8-21(16-22)26-25(30)19-10-12-29(13-11-19)17-23-27-24(28-32-23)20-7-4-6-18(2)15-20/h3-9,15-16,19H,1,10-14,17H2,2H3,(H,26,30). The molecule has 0 radical (unpaired) electrons. The number of aryl methyl sites for hydroxylation is 1. The zero-order valence-corrected chi connectivity index (χ0v) is 18.3. The Morgan fingerprint density at radius 1 is 1.25 bits per heavy atom. The van der Waals surface area contributed by atoms with Crippen LogP contribution in [0, 0.1) is 12.8 Å². The molecule has 1 amide bonds. The van der Waals surface area contributed by atoms with Crippen molar-refractivity contribution in [2.24, 2.45) is 5.92 Å². The summed E-state index contributed by atoms with van der Waals surface area (Å²) in [7, 11) is 0. The van der Waals surface area contributed by atoms with Crippen LogP contribution < -0.4 is 10.1 Å². The number of piperidine rings is 1. The summed E-state index contributed by atoms with van der Waals surface area (Å²) in [5.74, 6) is 1.94. The predicted molar refractivity (Wildman–Crippen MR) is 123 cm³/mol. The number of amides is 1. The molecule has 0 unspecified atom stereocenters. The number of ether oxygens (including phenoxy) is 1. The van der Waals surface area contributed by atoms with Gasteiger partial charge in [0.15, 0.2) is 0 Å². The molecule has 2 heterocycles. The molecule has 0 aliphatic carbocycles. The molecule has 7 heteroatoms. The van der Waals surface area contributed by atoms with Crippen LogP contribution in [0.25, 0.3) is 11.4 Å². The van der Waals surface area contributed by atoms with Gasteiger partial charge in [-0.2, -0.15) is 4.98 Å². The molecule has 4 rings (SSSR count). The van der Waals surface area contributed by atoms with Crippen molar-refractivity contribution < 1.29 is 14.1 Å². The molecule has 7 nitrogen and oxygen atoms in total. The van der Waals surface area contributed by atoms with Crippen LogP contribution >= 0.6 is 0 Å². The first-order valence-electron chi connectivity index (χ1n) is 10.9. The molecular formula is C25H28N4O3. The van der Waals surface area contributed by atoms with Crippen molar-refractivity contribution in [1.29, 1.82) is 0 Å². The van der Waals surface area contributed by atoms with Gasteiger partial charge in [-0.15, -0.1) is 0 Å². The first-order chi connectivity index (χ1) is 15.6. The van der Waals surface area contributed by atoms with Crippen molar-refractivity contribution in [3.63, 3.8) is 0 Å². The van der Waals surface area contributed by atoms with Crippen molar-refractivity contribution in [3.05, 3.63) is 72.6 Å². The van der Waals surface area contributed by atoms with Gasteiger partial charge < -0.3 is 14.6 Å². The number of nitrogens with one attached hydrogen (secondary N) is 1. The lowest BCUT2D eigenvalue weighted by Gasteiger charge is -2.30. The van der Waals surface area contributed by atoms with Crippen LogP contribution in [-0.2, 0) is 11.3 Å². The average Bonchev–Trinajstić information content (AvgIpc) is 3.27. The van der Waals surface area contributed by atoms with Crippen LogP contribution in [0.1, 0.15) is 24.3 Å². The minimum absolute atomic E-state index is 0.0189. The number of benzene rings is 2. The molecule has 1 saturated heterocycles. The summed E-state index contributed by atoms with van der Waals surface area (Å²) < 4.78 is 11.0. The Morgan fingerprint density at radius 2 is 2.06 bits per heavy atom. The normalized spacial score (nSPS) is 14.8.